The van der Waals surface area contributed by atoms with E-state index in [0.717, 1.165) is 5.56 Å². The van der Waals surface area contributed by atoms with Crippen molar-refractivity contribution in [3.8, 4) is 11.6 Å². The van der Waals surface area contributed by atoms with E-state index in [1.165, 1.54) is 23.9 Å². The molecule has 2 aromatic heterocycles. The van der Waals surface area contributed by atoms with Crippen LogP contribution in [0.4, 0.5) is 4.39 Å². The Kier molecular flexibility index (Phi) is 6.08. The van der Waals surface area contributed by atoms with E-state index in [-0.39, 0.29) is 17.5 Å². The predicted octanol–water partition coefficient (Wildman–Crippen LogP) is 3.61. The molecule has 0 fully saturated rings. The molecule has 0 unspecified atom stereocenters. The number of aromatic nitrogens is 3. The first-order chi connectivity index (χ1) is 13.1. The summed E-state index contributed by atoms with van der Waals surface area (Å²) >= 11 is 1.30. The fourth-order valence-corrected chi connectivity index (χ4v) is 3.35. The Morgan fingerprint density at radius 1 is 1.33 bits per heavy atom. The lowest BCUT2D eigenvalue weighted by Gasteiger charge is -2.17. The first-order valence-corrected chi connectivity index (χ1v) is 9.26. The molecule has 27 heavy (non-hydrogen) atoms. The highest BCUT2D eigenvalue weighted by molar-refractivity contribution is 7.99. The standard InChI is InChI=1S/C19H19FN4O2S/c1-3-10-24-18(16-5-4-11-26-16)21-22-19(24)27-13-17(25)23(2)12-14-6-8-15(20)9-7-14/h3-9,11H,1,10,12-13H2,2H3. The number of halogens is 1. The second-order valence-electron chi connectivity index (χ2n) is 5.85. The van der Waals surface area contributed by atoms with E-state index in [1.807, 2.05) is 4.57 Å². The van der Waals surface area contributed by atoms with Crippen LogP contribution in [0.3, 0.4) is 0 Å². The topological polar surface area (TPSA) is 64.2 Å². The molecule has 0 bridgehead atoms. The van der Waals surface area contributed by atoms with Crippen molar-refractivity contribution in [3.63, 3.8) is 0 Å². The van der Waals surface area contributed by atoms with Gasteiger partial charge in [0.1, 0.15) is 5.82 Å². The molecule has 0 saturated carbocycles. The van der Waals surface area contributed by atoms with Crippen LogP contribution in [0.25, 0.3) is 11.6 Å². The van der Waals surface area contributed by atoms with Crippen LogP contribution < -0.4 is 0 Å². The highest BCUT2D eigenvalue weighted by atomic mass is 32.2. The van der Waals surface area contributed by atoms with E-state index in [0.29, 0.717) is 29.8 Å². The molecule has 0 aliphatic rings. The Morgan fingerprint density at radius 2 is 2.11 bits per heavy atom. The number of thioether (sulfide) groups is 1. The van der Waals surface area contributed by atoms with E-state index in [4.69, 9.17) is 4.42 Å². The van der Waals surface area contributed by atoms with Gasteiger partial charge in [-0.25, -0.2) is 4.39 Å². The molecular weight excluding hydrogens is 367 g/mol. The maximum Gasteiger partial charge on any atom is 0.233 e. The number of carbonyl (C=O) groups excluding carboxylic acids is 1. The normalized spacial score (nSPS) is 10.7. The van der Waals surface area contributed by atoms with E-state index >= 15 is 0 Å². The van der Waals surface area contributed by atoms with Gasteiger partial charge in [-0.3, -0.25) is 9.36 Å². The van der Waals surface area contributed by atoms with Gasteiger partial charge in [0.25, 0.3) is 0 Å². The zero-order valence-corrected chi connectivity index (χ0v) is 15.7. The van der Waals surface area contributed by atoms with E-state index in [1.54, 1.807) is 48.6 Å². The lowest BCUT2D eigenvalue weighted by molar-refractivity contribution is -0.127. The summed E-state index contributed by atoms with van der Waals surface area (Å²) in [6.07, 6.45) is 3.31. The van der Waals surface area contributed by atoms with Crippen molar-refractivity contribution in [1.29, 1.82) is 0 Å². The van der Waals surface area contributed by atoms with Gasteiger partial charge in [0.15, 0.2) is 10.9 Å². The van der Waals surface area contributed by atoms with Crippen molar-refractivity contribution >= 4 is 17.7 Å². The van der Waals surface area contributed by atoms with Gasteiger partial charge in [0.05, 0.1) is 12.0 Å². The monoisotopic (exact) mass is 386 g/mol. The third-order valence-corrected chi connectivity index (χ3v) is 4.81. The Labute approximate surface area is 160 Å². The molecule has 0 aliphatic heterocycles. The summed E-state index contributed by atoms with van der Waals surface area (Å²) in [6, 6.07) is 9.69. The van der Waals surface area contributed by atoms with Gasteiger partial charge >= 0.3 is 0 Å². The van der Waals surface area contributed by atoms with Crippen LogP contribution in [0.5, 0.6) is 0 Å². The van der Waals surface area contributed by atoms with Crippen molar-refractivity contribution < 1.29 is 13.6 Å². The first-order valence-electron chi connectivity index (χ1n) is 8.27. The zero-order valence-electron chi connectivity index (χ0n) is 14.8. The smallest absolute Gasteiger partial charge is 0.233 e. The van der Waals surface area contributed by atoms with Gasteiger partial charge in [-0.05, 0) is 29.8 Å². The average Bonchev–Trinajstić information content (AvgIpc) is 3.32. The number of benzene rings is 1. The highest BCUT2D eigenvalue weighted by Crippen LogP contribution is 2.24. The molecule has 2 heterocycles. The largest absolute Gasteiger partial charge is 0.461 e. The van der Waals surface area contributed by atoms with Gasteiger partial charge in [0, 0.05) is 20.1 Å². The number of amides is 1. The van der Waals surface area contributed by atoms with Crippen LogP contribution in [-0.2, 0) is 17.9 Å². The van der Waals surface area contributed by atoms with Crippen LogP contribution >= 0.6 is 11.8 Å². The highest BCUT2D eigenvalue weighted by Gasteiger charge is 2.17. The fraction of sp³-hybridized carbons (Fsp3) is 0.211. The molecule has 0 radical (unpaired) electrons. The summed E-state index contributed by atoms with van der Waals surface area (Å²) in [5, 5.41) is 8.95. The van der Waals surface area contributed by atoms with Crippen molar-refractivity contribution in [3.05, 3.63) is 66.7 Å². The van der Waals surface area contributed by atoms with Crippen molar-refractivity contribution in [2.24, 2.45) is 0 Å². The molecule has 8 heteroatoms. The molecule has 3 rings (SSSR count). The zero-order chi connectivity index (χ0) is 19.2. The van der Waals surface area contributed by atoms with Gasteiger partial charge in [-0.15, -0.1) is 16.8 Å². The maximum absolute atomic E-state index is 13.0. The summed E-state index contributed by atoms with van der Waals surface area (Å²) in [5.41, 5.74) is 0.868. The van der Waals surface area contributed by atoms with Gasteiger partial charge in [-0.1, -0.05) is 30.0 Å². The van der Waals surface area contributed by atoms with Crippen LogP contribution in [0, 0.1) is 5.82 Å². The minimum atomic E-state index is -0.294. The maximum atomic E-state index is 13.0. The van der Waals surface area contributed by atoms with Crippen molar-refractivity contribution in [2.75, 3.05) is 12.8 Å². The van der Waals surface area contributed by atoms with Gasteiger partial charge < -0.3 is 9.32 Å². The minimum absolute atomic E-state index is 0.0583. The van der Waals surface area contributed by atoms with Crippen LogP contribution in [-0.4, -0.2) is 38.4 Å². The SMILES string of the molecule is C=CCn1c(SCC(=O)N(C)Cc2ccc(F)cc2)nnc1-c1ccco1. The lowest BCUT2D eigenvalue weighted by atomic mass is 10.2. The molecule has 0 saturated heterocycles. The summed E-state index contributed by atoms with van der Waals surface area (Å²) in [7, 11) is 1.72. The molecule has 0 atom stereocenters. The van der Waals surface area contributed by atoms with Gasteiger partial charge in [0.2, 0.25) is 11.7 Å². The second kappa shape index (κ2) is 8.68. The predicted molar refractivity (Wildman–Crippen MR) is 102 cm³/mol. The molecule has 0 aliphatic carbocycles. The average molecular weight is 386 g/mol. The molecule has 0 N–H and O–H groups in total. The number of allylic oxidation sites excluding steroid dienone is 1. The summed E-state index contributed by atoms with van der Waals surface area (Å²) in [5.74, 6) is 1.06. The summed E-state index contributed by atoms with van der Waals surface area (Å²) in [4.78, 5) is 14.0. The summed E-state index contributed by atoms with van der Waals surface area (Å²) < 4.78 is 20.2. The number of hydrogen-bond donors (Lipinski definition) is 0. The second-order valence-corrected chi connectivity index (χ2v) is 6.79. The number of nitrogens with zero attached hydrogens (tertiary/aromatic N) is 4. The van der Waals surface area contributed by atoms with E-state index in [9.17, 15) is 9.18 Å². The number of rotatable bonds is 8. The third kappa shape index (κ3) is 4.65. The van der Waals surface area contributed by atoms with E-state index < -0.39 is 0 Å². The molecule has 1 aromatic carbocycles. The molecule has 0 spiro atoms. The Hall–Kier alpha value is -2.87. The molecule has 6 nitrogen and oxygen atoms in total. The van der Waals surface area contributed by atoms with Crippen LogP contribution in [0.15, 0.2) is 64.9 Å². The first kappa shape index (κ1) is 18.9. The van der Waals surface area contributed by atoms with Crippen LogP contribution in [0.2, 0.25) is 0 Å². The third-order valence-electron chi connectivity index (χ3n) is 3.85. The quantitative estimate of drug-likeness (QED) is 0.437. The van der Waals surface area contributed by atoms with Crippen molar-refractivity contribution in [1.82, 2.24) is 19.7 Å². The lowest BCUT2D eigenvalue weighted by Crippen LogP contribution is -2.27. The molecular formula is C19H19FN4O2S. The molecule has 1 amide bonds. The Bertz CT molecular complexity index is 906. The molecule has 3 aromatic rings. The minimum Gasteiger partial charge on any atom is -0.461 e. The number of furan rings is 1. The van der Waals surface area contributed by atoms with Crippen LogP contribution in [0.1, 0.15) is 5.56 Å². The Balaban J connectivity index is 1.64. The number of carbonyl (C=O) groups is 1. The molecule has 140 valence electrons. The van der Waals surface area contributed by atoms with Crippen molar-refractivity contribution in [2.45, 2.75) is 18.2 Å². The van der Waals surface area contributed by atoms with E-state index in [2.05, 4.69) is 16.8 Å². The van der Waals surface area contributed by atoms with Gasteiger partial charge in [-0.2, -0.15) is 0 Å². The fourth-order valence-electron chi connectivity index (χ4n) is 2.47. The Morgan fingerprint density at radius 3 is 2.78 bits per heavy atom. The summed E-state index contributed by atoms with van der Waals surface area (Å²) in [6.45, 7) is 4.68. The number of hydrogen-bond acceptors (Lipinski definition) is 5.